The minimum absolute atomic E-state index is 0.143. The second kappa shape index (κ2) is 12.8. The Hall–Kier alpha value is -2.78. The van der Waals surface area contributed by atoms with Crippen molar-refractivity contribution < 1.29 is 18.7 Å². The van der Waals surface area contributed by atoms with Crippen LogP contribution in [-0.4, -0.2) is 18.7 Å². The molecule has 6 nitrogen and oxygen atoms in total. The fourth-order valence-corrected chi connectivity index (χ4v) is 5.34. The maximum Gasteiger partial charge on any atom is 0.307 e. The van der Waals surface area contributed by atoms with Crippen molar-refractivity contribution in [2.24, 2.45) is 5.10 Å². The molecule has 1 N–H and O–H groups in total. The number of hydrogen-bond donors (Lipinski definition) is 1. The van der Waals surface area contributed by atoms with Crippen LogP contribution in [0, 0.1) is 0 Å². The summed E-state index contributed by atoms with van der Waals surface area (Å²) in [5.74, 6) is 0.813. The van der Waals surface area contributed by atoms with Crippen molar-refractivity contribution in [1.82, 2.24) is 5.43 Å². The summed E-state index contributed by atoms with van der Waals surface area (Å²) in [4.78, 5) is 12.6. The summed E-state index contributed by atoms with van der Waals surface area (Å²) < 4.78 is 19.3. The van der Waals surface area contributed by atoms with E-state index >= 15 is 0 Å². The van der Waals surface area contributed by atoms with E-state index in [4.69, 9.17) is 37.1 Å². The molecule has 0 saturated heterocycles. The molecule has 1 heterocycles. The molecule has 0 aliphatic rings. The molecule has 0 spiro atoms. The molecule has 38 heavy (non-hydrogen) atoms. The normalized spacial score (nSPS) is 11.2. The Morgan fingerprint density at radius 1 is 1.11 bits per heavy atom. The predicted molar refractivity (Wildman–Crippen MR) is 159 cm³/mol. The van der Waals surface area contributed by atoms with Gasteiger partial charge in [-0.1, -0.05) is 51.3 Å². The molecule has 3 aromatic carbocycles. The Morgan fingerprint density at radius 3 is 2.66 bits per heavy atom. The van der Waals surface area contributed by atoms with Crippen molar-refractivity contribution in [3.8, 4) is 11.5 Å². The van der Waals surface area contributed by atoms with E-state index in [0.29, 0.717) is 45.7 Å². The number of fused-ring (bicyclic) bond motifs is 1. The highest BCUT2D eigenvalue weighted by atomic mass is 79.9. The van der Waals surface area contributed by atoms with E-state index in [-0.39, 0.29) is 12.4 Å². The molecular weight excluding hydrogens is 659 g/mol. The lowest BCUT2D eigenvalue weighted by Crippen LogP contribution is -2.16. The molecule has 0 saturated carbocycles. The number of benzene rings is 3. The van der Waals surface area contributed by atoms with Crippen molar-refractivity contribution in [2.45, 2.75) is 20.0 Å². The van der Waals surface area contributed by atoms with E-state index in [1.807, 2.05) is 31.2 Å². The van der Waals surface area contributed by atoms with Crippen LogP contribution in [0.15, 0.2) is 79.6 Å². The third-order valence-corrected chi connectivity index (χ3v) is 7.11. The number of ether oxygens (including phenoxy) is 2. The van der Waals surface area contributed by atoms with E-state index in [1.54, 1.807) is 30.3 Å². The fraction of sp³-hybridized carbons (Fsp3) is 0.143. The number of nitrogens with one attached hydrogen (secondary N) is 1. The van der Waals surface area contributed by atoms with Gasteiger partial charge in [0.25, 0.3) is 0 Å². The maximum absolute atomic E-state index is 12.6. The highest BCUT2D eigenvalue weighted by molar-refractivity contribution is 9.11. The van der Waals surface area contributed by atoms with Gasteiger partial charge in [-0.3, -0.25) is 4.79 Å². The summed E-state index contributed by atoms with van der Waals surface area (Å²) in [5, 5.41) is 5.84. The van der Waals surface area contributed by atoms with Crippen LogP contribution in [-0.2, 0) is 13.0 Å². The van der Waals surface area contributed by atoms with Gasteiger partial charge in [-0.05, 0) is 82.9 Å². The van der Waals surface area contributed by atoms with Gasteiger partial charge in [0.05, 0.1) is 27.3 Å². The predicted octanol–water partition coefficient (Wildman–Crippen LogP) is 8.73. The minimum atomic E-state index is -0.474. The standard InChI is InChI=1S/C28H22Br2Cl2N2O4/c1-3-5-18-8-17(10-24(36-4-2)27(18)37-15-16-6-7-22(31)23(32)9-16)14-33-34-28(35)25-12-19-11-20(29)13-21(30)26(19)38-25/h3,6-14H,1,4-5,15H2,2H3,(H,34,35)/b33-14-. The average Bonchev–Trinajstić information content (AvgIpc) is 3.31. The van der Waals surface area contributed by atoms with Crippen LogP contribution in [0.3, 0.4) is 0 Å². The van der Waals surface area contributed by atoms with Crippen LogP contribution >= 0.6 is 55.1 Å². The Labute approximate surface area is 246 Å². The number of amides is 1. The molecule has 4 aromatic rings. The number of carbonyl (C=O) groups excluding carboxylic acids is 1. The smallest absolute Gasteiger partial charge is 0.307 e. The number of hydrazone groups is 1. The summed E-state index contributed by atoms with van der Waals surface area (Å²) in [6.07, 6.45) is 3.84. The molecule has 1 amide bonds. The van der Waals surface area contributed by atoms with Crippen LogP contribution in [0.1, 0.15) is 34.2 Å². The first-order valence-corrected chi connectivity index (χ1v) is 13.8. The van der Waals surface area contributed by atoms with E-state index in [9.17, 15) is 4.79 Å². The summed E-state index contributed by atoms with van der Waals surface area (Å²) in [5.41, 5.74) is 5.52. The number of furan rings is 1. The SMILES string of the molecule is C=CCc1cc(/C=N\NC(=O)c2cc3cc(Br)cc(Br)c3o2)cc(OCC)c1OCc1ccc(Cl)c(Cl)c1. The van der Waals surface area contributed by atoms with Crippen molar-refractivity contribution in [2.75, 3.05) is 6.61 Å². The lowest BCUT2D eigenvalue weighted by Gasteiger charge is -2.17. The van der Waals surface area contributed by atoms with Gasteiger partial charge >= 0.3 is 5.91 Å². The molecule has 10 heteroatoms. The molecule has 0 fully saturated rings. The maximum atomic E-state index is 12.6. The van der Waals surface area contributed by atoms with Gasteiger partial charge in [-0.15, -0.1) is 6.58 Å². The molecular formula is C28H22Br2Cl2N2O4. The van der Waals surface area contributed by atoms with Crippen LogP contribution in [0.2, 0.25) is 10.0 Å². The minimum Gasteiger partial charge on any atom is -0.490 e. The van der Waals surface area contributed by atoms with Crippen molar-refractivity contribution in [3.63, 3.8) is 0 Å². The van der Waals surface area contributed by atoms with Gasteiger partial charge in [-0.2, -0.15) is 5.10 Å². The summed E-state index contributed by atoms with van der Waals surface area (Å²) in [6, 6.07) is 14.4. The number of nitrogens with zero attached hydrogens (tertiary/aromatic N) is 1. The first-order chi connectivity index (χ1) is 18.3. The summed E-state index contributed by atoms with van der Waals surface area (Å²) in [6.45, 7) is 6.45. The lowest BCUT2D eigenvalue weighted by atomic mass is 10.1. The molecule has 0 radical (unpaired) electrons. The molecule has 1 aromatic heterocycles. The lowest BCUT2D eigenvalue weighted by molar-refractivity contribution is 0.0929. The molecule has 0 atom stereocenters. The van der Waals surface area contributed by atoms with E-state index in [2.05, 4.69) is 49.0 Å². The largest absolute Gasteiger partial charge is 0.490 e. The third-order valence-electron chi connectivity index (χ3n) is 5.32. The van der Waals surface area contributed by atoms with E-state index < -0.39 is 5.91 Å². The van der Waals surface area contributed by atoms with Crippen LogP contribution in [0.4, 0.5) is 0 Å². The van der Waals surface area contributed by atoms with Gasteiger partial charge < -0.3 is 13.9 Å². The summed E-state index contributed by atoms with van der Waals surface area (Å²) >= 11 is 19.0. The van der Waals surface area contributed by atoms with Crippen molar-refractivity contribution in [1.29, 1.82) is 0 Å². The van der Waals surface area contributed by atoms with Gasteiger partial charge in [0.15, 0.2) is 17.3 Å². The zero-order chi connectivity index (χ0) is 27.2. The Bertz CT molecular complexity index is 1540. The fourth-order valence-electron chi connectivity index (χ4n) is 3.68. The molecule has 0 aliphatic heterocycles. The number of hydrogen-bond acceptors (Lipinski definition) is 5. The molecule has 0 bridgehead atoms. The van der Waals surface area contributed by atoms with Gasteiger partial charge in [-0.25, -0.2) is 5.43 Å². The monoisotopic (exact) mass is 678 g/mol. The second-order valence-corrected chi connectivity index (χ2v) is 10.7. The third kappa shape index (κ3) is 6.80. The van der Waals surface area contributed by atoms with Gasteiger partial charge in [0.1, 0.15) is 12.2 Å². The molecule has 4 rings (SSSR count). The van der Waals surface area contributed by atoms with Crippen LogP contribution in [0.25, 0.3) is 11.0 Å². The highest BCUT2D eigenvalue weighted by Crippen LogP contribution is 2.35. The molecule has 196 valence electrons. The average molecular weight is 681 g/mol. The Kier molecular flexibility index (Phi) is 9.54. The number of halogens is 4. The Balaban J connectivity index is 1.54. The van der Waals surface area contributed by atoms with E-state index in [1.165, 1.54) is 6.21 Å². The first kappa shape index (κ1) is 28.2. The van der Waals surface area contributed by atoms with Crippen LogP contribution < -0.4 is 14.9 Å². The number of rotatable bonds is 10. The van der Waals surface area contributed by atoms with Crippen molar-refractivity contribution >= 4 is 78.2 Å². The number of allylic oxidation sites excluding steroid dienone is 1. The number of carbonyl (C=O) groups is 1. The summed E-state index contributed by atoms with van der Waals surface area (Å²) in [7, 11) is 0. The highest BCUT2D eigenvalue weighted by Gasteiger charge is 2.16. The van der Waals surface area contributed by atoms with Gasteiger partial charge in [0, 0.05) is 15.4 Å². The Morgan fingerprint density at radius 2 is 1.92 bits per heavy atom. The molecule has 0 unspecified atom stereocenters. The topological polar surface area (TPSA) is 73.1 Å². The molecule has 0 aliphatic carbocycles. The second-order valence-electron chi connectivity index (χ2n) is 8.09. The van der Waals surface area contributed by atoms with Crippen molar-refractivity contribution in [3.05, 3.63) is 103 Å². The van der Waals surface area contributed by atoms with E-state index in [0.717, 1.165) is 25.5 Å². The first-order valence-electron chi connectivity index (χ1n) is 11.5. The van der Waals surface area contributed by atoms with Crippen LogP contribution in [0.5, 0.6) is 11.5 Å². The zero-order valence-corrected chi connectivity index (χ0v) is 24.9. The van der Waals surface area contributed by atoms with Gasteiger partial charge in [0.2, 0.25) is 0 Å². The quantitative estimate of drug-likeness (QED) is 0.103. The zero-order valence-electron chi connectivity index (χ0n) is 20.2.